The van der Waals surface area contributed by atoms with Crippen molar-refractivity contribution in [3.05, 3.63) is 0 Å². The fourth-order valence-electron chi connectivity index (χ4n) is 2.01. The first-order chi connectivity index (χ1) is 8.09. The molecule has 0 bridgehead atoms. The van der Waals surface area contributed by atoms with E-state index in [1.807, 2.05) is 0 Å². The van der Waals surface area contributed by atoms with Crippen molar-refractivity contribution < 1.29 is 14.4 Å². The number of carbonyl (C=O) groups is 3. The van der Waals surface area contributed by atoms with E-state index >= 15 is 0 Å². The van der Waals surface area contributed by atoms with E-state index in [0.717, 1.165) is 12.8 Å². The number of nitrogens with zero attached hydrogens (tertiary/aromatic N) is 1. The molecule has 6 nitrogen and oxygen atoms in total. The minimum absolute atomic E-state index is 0.0745. The van der Waals surface area contributed by atoms with Gasteiger partial charge in [0.25, 0.3) is 0 Å². The summed E-state index contributed by atoms with van der Waals surface area (Å²) in [6.07, 6.45) is 2.13. The van der Waals surface area contributed by atoms with Crippen LogP contribution >= 0.6 is 0 Å². The van der Waals surface area contributed by atoms with Gasteiger partial charge in [-0.25, -0.2) is 0 Å². The molecule has 1 aliphatic heterocycles. The molecule has 3 amide bonds. The van der Waals surface area contributed by atoms with Crippen molar-refractivity contribution in [1.82, 2.24) is 15.5 Å². The summed E-state index contributed by atoms with van der Waals surface area (Å²) in [5.74, 6) is -0.282. The summed E-state index contributed by atoms with van der Waals surface area (Å²) in [5, 5.41) is 5.63. The molecule has 1 saturated carbocycles. The molecular formula is C11H17N3O3. The van der Waals surface area contributed by atoms with Crippen LogP contribution in [-0.2, 0) is 14.4 Å². The molecule has 0 aromatic heterocycles. The molecule has 2 fully saturated rings. The second kappa shape index (κ2) is 4.83. The second-order valence-electron chi connectivity index (χ2n) is 4.53. The van der Waals surface area contributed by atoms with Crippen molar-refractivity contribution >= 4 is 17.7 Å². The maximum atomic E-state index is 11.9. The number of amides is 3. The number of rotatable bonds is 5. The van der Waals surface area contributed by atoms with Crippen molar-refractivity contribution in [3.8, 4) is 0 Å². The van der Waals surface area contributed by atoms with Gasteiger partial charge in [0.1, 0.15) is 0 Å². The lowest BCUT2D eigenvalue weighted by Gasteiger charge is -2.14. The van der Waals surface area contributed by atoms with E-state index in [-0.39, 0.29) is 30.2 Å². The molecule has 1 unspecified atom stereocenters. The van der Waals surface area contributed by atoms with Gasteiger partial charge in [-0.2, -0.15) is 0 Å². The highest BCUT2D eigenvalue weighted by Crippen LogP contribution is 2.31. The third-order valence-electron chi connectivity index (χ3n) is 2.98. The van der Waals surface area contributed by atoms with Crippen LogP contribution in [0.15, 0.2) is 0 Å². The highest BCUT2D eigenvalue weighted by Gasteiger charge is 2.45. The average Bonchev–Trinajstić information content (AvgIpc) is 3.02. The normalized spacial score (nSPS) is 24.3. The van der Waals surface area contributed by atoms with Crippen LogP contribution < -0.4 is 10.6 Å². The van der Waals surface area contributed by atoms with Crippen LogP contribution in [0.3, 0.4) is 0 Å². The van der Waals surface area contributed by atoms with Gasteiger partial charge in [-0.3, -0.25) is 19.3 Å². The molecular weight excluding hydrogens is 222 g/mol. The van der Waals surface area contributed by atoms with E-state index in [4.69, 9.17) is 0 Å². The fraction of sp³-hybridized carbons (Fsp3) is 0.727. The SMILES string of the molecule is CC(=O)NCCNC1CC(=O)N(C2CC2)C1=O. The van der Waals surface area contributed by atoms with Crippen molar-refractivity contribution in [2.45, 2.75) is 38.3 Å². The summed E-state index contributed by atoms with van der Waals surface area (Å²) in [6, 6.07) is -0.256. The fourth-order valence-corrected chi connectivity index (χ4v) is 2.01. The van der Waals surface area contributed by atoms with E-state index in [1.165, 1.54) is 11.8 Å². The molecule has 0 spiro atoms. The van der Waals surface area contributed by atoms with Crippen LogP contribution in [0.4, 0.5) is 0 Å². The Morgan fingerprint density at radius 3 is 2.65 bits per heavy atom. The zero-order valence-corrected chi connectivity index (χ0v) is 9.86. The zero-order chi connectivity index (χ0) is 12.4. The topological polar surface area (TPSA) is 78.5 Å². The van der Waals surface area contributed by atoms with Crippen molar-refractivity contribution in [3.63, 3.8) is 0 Å². The molecule has 0 radical (unpaired) electrons. The Kier molecular flexibility index (Phi) is 3.42. The zero-order valence-electron chi connectivity index (χ0n) is 9.86. The summed E-state index contributed by atoms with van der Waals surface area (Å²) in [5.41, 5.74) is 0. The third-order valence-corrected chi connectivity index (χ3v) is 2.98. The summed E-state index contributed by atoms with van der Waals surface area (Å²) < 4.78 is 0. The Morgan fingerprint density at radius 2 is 2.06 bits per heavy atom. The van der Waals surface area contributed by atoms with Crippen molar-refractivity contribution in [1.29, 1.82) is 0 Å². The molecule has 0 aromatic carbocycles. The number of nitrogens with one attached hydrogen (secondary N) is 2. The van der Waals surface area contributed by atoms with Gasteiger partial charge in [-0.1, -0.05) is 0 Å². The molecule has 2 N–H and O–H groups in total. The van der Waals surface area contributed by atoms with Crippen LogP contribution in [0.2, 0.25) is 0 Å². The Balaban J connectivity index is 1.76. The first-order valence-electron chi connectivity index (χ1n) is 5.93. The van der Waals surface area contributed by atoms with Gasteiger partial charge < -0.3 is 10.6 Å². The highest BCUT2D eigenvalue weighted by atomic mass is 16.2. The Bertz CT molecular complexity index is 352. The van der Waals surface area contributed by atoms with Gasteiger partial charge in [0, 0.05) is 26.1 Å². The lowest BCUT2D eigenvalue weighted by atomic mass is 10.2. The van der Waals surface area contributed by atoms with E-state index in [0.29, 0.717) is 13.1 Å². The van der Waals surface area contributed by atoms with E-state index < -0.39 is 6.04 Å². The van der Waals surface area contributed by atoms with Crippen LogP contribution in [0.25, 0.3) is 0 Å². The molecule has 2 rings (SSSR count). The number of hydrogen-bond donors (Lipinski definition) is 2. The number of carbonyl (C=O) groups excluding carboxylic acids is 3. The highest BCUT2D eigenvalue weighted by molar-refractivity contribution is 6.06. The maximum absolute atomic E-state index is 11.9. The van der Waals surface area contributed by atoms with Crippen LogP contribution in [-0.4, -0.2) is 47.8 Å². The summed E-state index contributed by atoms with van der Waals surface area (Å²) in [6.45, 7) is 2.41. The summed E-state index contributed by atoms with van der Waals surface area (Å²) in [7, 11) is 0. The lowest BCUT2D eigenvalue weighted by molar-refractivity contribution is -0.139. The van der Waals surface area contributed by atoms with Gasteiger partial charge in [0.2, 0.25) is 17.7 Å². The smallest absolute Gasteiger partial charge is 0.247 e. The first kappa shape index (κ1) is 12.0. The largest absolute Gasteiger partial charge is 0.355 e. The summed E-state index contributed by atoms with van der Waals surface area (Å²) in [4.78, 5) is 35.5. The van der Waals surface area contributed by atoms with Gasteiger partial charge in [0.15, 0.2) is 0 Å². The van der Waals surface area contributed by atoms with Gasteiger partial charge in [-0.15, -0.1) is 0 Å². The van der Waals surface area contributed by atoms with Crippen LogP contribution in [0.1, 0.15) is 26.2 Å². The number of imide groups is 1. The Labute approximate surface area is 99.7 Å². The Hall–Kier alpha value is -1.43. The lowest BCUT2D eigenvalue weighted by Crippen LogP contribution is -2.42. The van der Waals surface area contributed by atoms with Gasteiger partial charge >= 0.3 is 0 Å². The van der Waals surface area contributed by atoms with Gasteiger partial charge in [0.05, 0.1) is 12.5 Å². The van der Waals surface area contributed by atoms with Crippen LogP contribution in [0.5, 0.6) is 0 Å². The number of likely N-dealkylation sites (tertiary alicyclic amines) is 1. The predicted octanol–water partition coefficient (Wildman–Crippen LogP) is -0.998. The standard InChI is InChI=1S/C11H17N3O3/c1-7(15)12-4-5-13-9-6-10(16)14(11(9)17)8-2-3-8/h8-9,13H,2-6H2,1H3,(H,12,15). The van der Waals surface area contributed by atoms with E-state index in [1.54, 1.807) is 0 Å². The first-order valence-corrected chi connectivity index (χ1v) is 5.93. The minimum atomic E-state index is -0.406. The van der Waals surface area contributed by atoms with E-state index in [9.17, 15) is 14.4 Å². The predicted molar refractivity (Wildman–Crippen MR) is 60.0 cm³/mol. The van der Waals surface area contributed by atoms with Crippen LogP contribution in [0, 0.1) is 0 Å². The molecule has 17 heavy (non-hydrogen) atoms. The molecule has 1 heterocycles. The molecule has 1 saturated heterocycles. The van der Waals surface area contributed by atoms with E-state index in [2.05, 4.69) is 10.6 Å². The minimum Gasteiger partial charge on any atom is -0.355 e. The molecule has 94 valence electrons. The molecule has 0 aromatic rings. The maximum Gasteiger partial charge on any atom is 0.247 e. The molecule has 1 atom stereocenters. The van der Waals surface area contributed by atoms with Crippen molar-refractivity contribution in [2.24, 2.45) is 0 Å². The summed E-state index contributed by atoms with van der Waals surface area (Å²) >= 11 is 0. The Morgan fingerprint density at radius 1 is 1.35 bits per heavy atom. The number of hydrogen-bond acceptors (Lipinski definition) is 4. The van der Waals surface area contributed by atoms with Crippen molar-refractivity contribution in [2.75, 3.05) is 13.1 Å². The molecule has 1 aliphatic carbocycles. The average molecular weight is 239 g/mol. The molecule has 6 heteroatoms. The molecule has 2 aliphatic rings. The van der Waals surface area contributed by atoms with Gasteiger partial charge in [-0.05, 0) is 12.8 Å². The monoisotopic (exact) mass is 239 g/mol. The second-order valence-corrected chi connectivity index (χ2v) is 4.53. The quantitative estimate of drug-likeness (QED) is 0.476. The third kappa shape index (κ3) is 2.82.